The van der Waals surface area contributed by atoms with Gasteiger partial charge >= 0.3 is 5.82 Å². The van der Waals surface area contributed by atoms with Crippen LogP contribution in [0, 0.1) is 10.1 Å². The molecule has 0 aliphatic carbocycles. The first-order chi connectivity index (χ1) is 7.89. The third-order valence-corrected chi connectivity index (χ3v) is 4.69. The van der Waals surface area contributed by atoms with E-state index in [1.54, 1.807) is 6.92 Å². The summed E-state index contributed by atoms with van der Waals surface area (Å²) in [6.07, 6.45) is 1.32. The summed E-state index contributed by atoms with van der Waals surface area (Å²) in [5.74, 6) is -0.144. The van der Waals surface area contributed by atoms with E-state index < -0.39 is 20.0 Å². The average molecular weight is 279 g/mol. The van der Waals surface area contributed by atoms with Gasteiger partial charge in [0.25, 0.3) is 0 Å². The molecule has 1 heterocycles. The molecule has 1 atom stereocenters. The zero-order valence-electron chi connectivity index (χ0n) is 9.04. The molecule has 8 heteroatoms. The van der Waals surface area contributed by atoms with Crippen molar-refractivity contribution in [2.24, 2.45) is 0 Å². The zero-order chi connectivity index (χ0) is 13.1. The first-order valence-corrected chi connectivity index (χ1v) is 6.88. The molecule has 0 fully saturated rings. The van der Waals surface area contributed by atoms with Gasteiger partial charge in [0.2, 0.25) is 0 Å². The van der Waals surface area contributed by atoms with Crippen molar-refractivity contribution >= 4 is 27.3 Å². The maximum atomic E-state index is 11.9. The van der Waals surface area contributed by atoms with E-state index in [0.717, 1.165) is 12.3 Å². The van der Waals surface area contributed by atoms with Crippen LogP contribution in [0.15, 0.2) is 23.2 Å². The minimum atomic E-state index is -3.51. The molecule has 0 saturated heterocycles. The monoisotopic (exact) mass is 278 g/mol. The highest BCUT2D eigenvalue weighted by Gasteiger charge is 2.24. The van der Waals surface area contributed by atoms with Crippen molar-refractivity contribution in [2.45, 2.75) is 23.5 Å². The molecule has 0 aliphatic rings. The molecule has 0 aliphatic heterocycles. The summed E-state index contributed by atoms with van der Waals surface area (Å²) >= 11 is 5.49. The van der Waals surface area contributed by atoms with Crippen LogP contribution in [0.2, 0.25) is 0 Å². The average Bonchev–Trinajstić information content (AvgIpc) is 2.29. The Hall–Kier alpha value is -1.21. The Morgan fingerprint density at radius 1 is 1.53 bits per heavy atom. The first kappa shape index (κ1) is 13.9. The predicted molar refractivity (Wildman–Crippen MR) is 62.9 cm³/mol. The van der Waals surface area contributed by atoms with Crippen LogP contribution in [0.4, 0.5) is 5.82 Å². The summed E-state index contributed by atoms with van der Waals surface area (Å²) in [7, 11) is -3.51. The Morgan fingerprint density at radius 3 is 2.59 bits per heavy atom. The Morgan fingerprint density at radius 2 is 2.18 bits per heavy atom. The lowest BCUT2D eigenvalue weighted by Gasteiger charge is -2.09. The molecule has 1 aromatic rings. The van der Waals surface area contributed by atoms with Gasteiger partial charge in [-0.25, -0.2) is 8.42 Å². The second-order valence-corrected chi connectivity index (χ2v) is 6.19. The second-order valence-electron chi connectivity index (χ2n) is 3.44. The van der Waals surface area contributed by atoms with Gasteiger partial charge in [-0.2, -0.15) is 0 Å². The number of nitro groups is 1. The molecular formula is C9H11ClN2O4S. The van der Waals surface area contributed by atoms with Gasteiger partial charge in [0, 0.05) is 11.9 Å². The molecule has 0 saturated carbocycles. The molecule has 0 N–H and O–H groups in total. The highest BCUT2D eigenvalue weighted by Crippen LogP contribution is 2.19. The number of pyridine rings is 1. The van der Waals surface area contributed by atoms with Gasteiger partial charge in [-0.1, -0.05) is 0 Å². The Labute approximate surface area is 104 Å². The van der Waals surface area contributed by atoms with Crippen LogP contribution < -0.4 is 0 Å². The van der Waals surface area contributed by atoms with Gasteiger partial charge in [0.1, 0.15) is 4.90 Å². The largest absolute Gasteiger partial charge is 0.363 e. The van der Waals surface area contributed by atoms with Gasteiger partial charge in [-0.05, 0) is 29.3 Å². The van der Waals surface area contributed by atoms with E-state index >= 15 is 0 Å². The number of halogens is 1. The fraction of sp³-hybridized carbons (Fsp3) is 0.444. The van der Waals surface area contributed by atoms with Crippen molar-refractivity contribution in [2.75, 3.05) is 5.88 Å². The quantitative estimate of drug-likeness (QED) is 0.465. The summed E-state index contributed by atoms with van der Waals surface area (Å²) in [6, 6.07) is 2.26. The molecule has 1 rings (SSSR count). The third-order valence-electron chi connectivity index (χ3n) is 2.28. The van der Waals surface area contributed by atoms with Crippen LogP contribution >= 0.6 is 11.6 Å². The van der Waals surface area contributed by atoms with Gasteiger partial charge in [0.05, 0.1) is 5.25 Å². The van der Waals surface area contributed by atoms with E-state index in [9.17, 15) is 18.5 Å². The minimum Gasteiger partial charge on any atom is -0.358 e. The number of rotatable bonds is 5. The molecule has 6 nitrogen and oxygen atoms in total. The highest BCUT2D eigenvalue weighted by atomic mass is 35.5. The summed E-state index contributed by atoms with van der Waals surface area (Å²) < 4.78 is 23.9. The Balaban J connectivity index is 3.04. The van der Waals surface area contributed by atoms with E-state index in [4.69, 9.17) is 11.6 Å². The van der Waals surface area contributed by atoms with Crippen LogP contribution in [0.5, 0.6) is 0 Å². The lowest BCUT2D eigenvalue weighted by Crippen LogP contribution is -2.18. The number of aromatic nitrogens is 1. The van der Waals surface area contributed by atoms with E-state index in [1.807, 2.05) is 0 Å². The summed E-state index contributed by atoms with van der Waals surface area (Å²) in [4.78, 5) is 13.1. The molecule has 0 radical (unpaired) electrons. The fourth-order valence-corrected chi connectivity index (χ4v) is 3.00. The molecule has 0 spiro atoms. The van der Waals surface area contributed by atoms with E-state index in [-0.39, 0.29) is 16.6 Å². The smallest absolute Gasteiger partial charge is 0.358 e. The van der Waals surface area contributed by atoms with E-state index in [0.29, 0.717) is 6.42 Å². The molecular weight excluding hydrogens is 268 g/mol. The zero-order valence-corrected chi connectivity index (χ0v) is 10.6. The van der Waals surface area contributed by atoms with Gasteiger partial charge in [-0.15, -0.1) is 11.6 Å². The van der Waals surface area contributed by atoms with Gasteiger partial charge < -0.3 is 10.1 Å². The lowest BCUT2D eigenvalue weighted by molar-refractivity contribution is -0.389. The van der Waals surface area contributed by atoms with Crippen LogP contribution in [0.25, 0.3) is 0 Å². The molecule has 0 amide bonds. The fourth-order valence-electron chi connectivity index (χ4n) is 1.19. The normalized spacial score (nSPS) is 13.3. The lowest BCUT2D eigenvalue weighted by atomic mass is 10.4. The number of nitrogens with zero attached hydrogens (tertiary/aromatic N) is 2. The molecule has 1 aromatic heterocycles. The van der Waals surface area contributed by atoms with Crippen molar-refractivity contribution in [1.82, 2.24) is 4.98 Å². The second kappa shape index (κ2) is 5.42. The van der Waals surface area contributed by atoms with Crippen LogP contribution in [-0.4, -0.2) is 29.5 Å². The highest BCUT2D eigenvalue weighted by molar-refractivity contribution is 7.92. The number of sulfone groups is 1. The van der Waals surface area contributed by atoms with Crippen LogP contribution in [0.1, 0.15) is 13.3 Å². The van der Waals surface area contributed by atoms with Gasteiger partial charge in [0.15, 0.2) is 16.0 Å². The Bertz CT molecular complexity index is 500. The third kappa shape index (κ3) is 3.13. The van der Waals surface area contributed by atoms with Gasteiger partial charge in [-0.3, -0.25) is 0 Å². The van der Waals surface area contributed by atoms with Crippen molar-refractivity contribution in [3.05, 3.63) is 28.4 Å². The predicted octanol–water partition coefficient (Wildman–Crippen LogP) is 1.78. The molecule has 94 valence electrons. The summed E-state index contributed by atoms with van der Waals surface area (Å²) in [5, 5.41) is 9.74. The van der Waals surface area contributed by atoms with Crippen molar-refractivity contribution in [3.63, 3.8) is 0 Å². The van der Waals surface area contributed by atoms with Crippen LogP contribution in [0.3, 0.4) is 0 Å². The van der Waals surface area contributed by atoms with E-state index in [2.05, 4.69) is 4.98 Å². The number of alkyl halides is 1. The van der Waals surface area contributed by atoms with Crippen LogP contribution in [-0.2, 0) is 9.84 Å². The molecule has 0 aromatic carbocycles. The van der Waals surface area contributed by atoms with Crippen molar-refractivity contribution in [1.29, 1.82) is 0 Å². The summed E-state index contributed by atoms with van der Waals surface area (Å²) in [5.41, 5.74) is 0. The maximum absolute atomic E-state index is 11.9. The first-order valence-electron chi connectivity index (χ1n) is 4.80. The summed E-state index contributed by atoms with van der Waals surface area (Å²) in [6.45, 7) is 1.54. The SMILES string of the molecule is CC(CCCl)S(=O)(=O)c1ccc([N+](=O)[O-])nc1. The van der Waals surface area contributed by atoms with Crippen molar-refractivity contribution < 1.29 is 13.3 Å². The molecule has 1 unspecified atom stereocenters. The standard InChI is InChI=1S/C9H11ClN2O4S/c1-7(4-5-10)17(15,16)8-2-3-9(11-6-8)12(13)14/h2-3,6-7H,4-5H2,1H3. The van der Waals surface area contributed by atoms with E-state index in [1.165, 1.54) is 6.07 Å². The molecule has 17 heavy (non-hydrogen) atoms. The molecule has 0 bridgehead atoms. The minimum absolute atomic E-state index is 0.0271. The topological polar surface area (TPSA) is 90.2 Å². The Kier molecular flexibility index (Phi) is 4.41. The number of hydrogen-bond donors (Lipinski definition) is 0. The van der Waals surface area contributed by atoms with Crippen molar-refractivity contribution in [3.8, 4) is 0 Å². The maximum Gasteiger partial charge on any atom is 0.363 e. The number of hydrogen-bond acceptors (Lipinski definition) is 5.